The Morgan fingerprint density at radius 3 is 2.73 bits per heavy atom. The molecule has 0 saturated carbocycles. The summed E-state index contributed by atoms with van der Waals surface area (Å²) in [5.74, 6) is 0.340. The Morgan fingerprint density at radius 1 is 1.05 bits per heavy atom. The average Bonchev–Trinajstić information content (AvgIpc) is 2.99. The molecule has 0 spiro atoms. The van der Waals surface area contributed by atoms with Gasteiger partial charge < -0.3 is 23.7 Å². The molecule has 1 unspecified atom stereocenters. The van der Waals surface area contributed by atoms with E-state index in [0.717, 1.165) is 12.0 Å². The maximum atomic E-state index is 6.19. The molecule has 5 nitrogen and oxygen atoms in total. The minimum absolute atomic E-state index is 0.0328. The molecule has 3 aliphatic rings. The van der Waals surface area contributed by atoms with Crippen LogP contribution < -0.4 is 0 Å². The Labute approximate surface area is 130 Å². The highest BCUT2D eigenvalue weighted by Gasteiger charge is 2.50. The Kier molecular flexibility index (Phi) is 4.15. The van der Waals surface area contributed by atoms with Gasteiger partial charge in [0.25, 0.3) is 0 Å². The zero-order chi connectivity index (χ0) is 14.9. The summed E-state index contributed by atoms with van der Waals surface area (Å²) in [6.45, 7) is 3.88. The van der Waals surface area contributed by atoms with E-state index in [1.54, 1.807) is 0 Å². The van der Waals surface area contributed by atoms with Crippen molar-refractivity contribution in [2.75, 3.05) is 19.8 Å². The molecule has 3 aliphatic heterocycles. The molecule has 0 amide bonds. The molecule has 3 saturated heterocycles. The number of fused-ring (bicyclic) bond motifs is 3. The van der Waals surface area contributed by atoms with Gasteiger partial charge in [-0.3, -0.25) is 0 Å². The predicted octanol–water partition coefficient (Wildman–Crippen LogP) is 2.27. The van der Waals surface area contributed by atoms with Crippen molar-refractivity contribution in [3.63, 3.8) is 0 Å². The van der Waals surface area contributed by atoms with E-state index in [1.165, 1.54) is 0 Å². The van der Waals surface area contributed by atoms with Crippen molar-refractivity contribution in [2.24, 2.45) is 5.92 Å². The smallest absolute Gasteiger partial charge is 0.184 e. The standard InChI is InChI=1S/C17H22O5/c1-2-18-14-8-12-9-19-13-10-20-17(11-6-4-3-5-7-11)22-16(13)15(12)21-14/h3-7,12-17H,2,8-10H2,1H3/t12-,13+,14?,15-,16+,17+/m0/s1. The fourth-order valence-electron chi connectivity index (χ4n) is 3.54. The first-order valence-electron chi connectivity index (χ1n) is 8.06. The minimum Gasteiger partial charge on any atom is -0.373 e. The van der Waals surface area contributed by atoms with E-state index in [4.69, 9.17) is 23.7 Å². The van der Waals surface area contributed by atoms with E-state index in [-0.39, 0.29) is 30.9 Å². The molecular formula is C17H22O5. The Balaban J connectivity index is 1.48. The molecule has 5 heteroatoms. The molecule has 0 bridgehead atoms. The zero-order valence-corrected chi connectivity index (χ0v) is 12.7. The van der Waals surface area contributed by atoms with E-state index in [1.807, 2.05) is 37.3 Å². The number of hydrogen-bond donors (Lipinski definition) is 0. The van der Waals surface area contributed by atoms with Gasteiger partial charge >= 0.3 is 0 Å². The molecule has 0 aliphatic carbocycles. The van der Waals surface area contributed by atoms with Crippen LogP contribution in [0.4, 0.5) is 0 Å². The van der Waals surface area contributed by atoms with Gasteiger partial charge in [-0.1, -0.05) is 30.3 Å². The van der Waals surface area contributed by atoms with Crippen molar-refractivity contribution in [1.82, 2.24) is 0 Å². The van der Waals surface area contributed by atoms with Gasteiger partial charge in [0.15, 0.2) is 12.6 Å². The number of hydrogen-bond acceptors (Lipinski definition) is 5. The van der Waals surface area contributed by atoms with Crippen molar-refractivity contribution < 1.29 is 23.7 Å². The molecule has 22 heavy (non-hydrogen) atoms. The number of benzene rings is 1. The first kappa shape index (κ1) is 14.6. The van der Waals surface area contributed by atoms with Crippen LogP contribution in [-0.4, -0.2) is 44.4 Å². The van der Waals surface area contributed by atoms with E-state index in [0.29, 0.717) is 25.7 Å². The van der Waals surface area contributed by atoms with Crippen LogP contribution in [0.25, 0.3) is 0 Å². The lowest BCUT2D eigenvalue weighted by molar-refractivity contribution is -0.311. The highest BCUT2D eigenvalue weighted by Crippen LogP contribution is 2.40. The van der Waals surface area contributed by atoms with Gasteiger partial charge in [0.1, 0.15) is 12.2 Å². The molecular weight excluding hydrogens is 284 g/mol. The second-order valence-electron chi connectivity index (χ2n) is 6.03. The lowest BCUT2D eigenvalue weighted by Gasteiger charge is -2.43. The molecule has 3 fully saturated rings. The fourth-order valence-corrected chi connectivity index (χ4v) is 3.54. The second-order valence-corrected chi connectivity index (χ2v) is 6.03. The van der Waals surface area contributed by atoms with Gasteiger partial charge in [0.2, 0.25) is 0 Å². The van der Waals surface area contributed by atoms with Gasteiger partial charge in [-0.15, -0.1) is 0 Å². The molecule has 0 N–H and O–H groups in total. The molecule has 1 aromatic rings. The van der Waals surface area contributed by atoms with Gasteiger partial charge in [0, 0.05) is 24.5 Å². The summed E-state index contributed by atoms with van der Waals surface area (Å²) in [6.07, 6.45) is 0.278. The second kappa shape index (κ2) is 6.26. The molecule has 0 aromatic heterocycles. The minimum atomic E-state index is -0.348. The molecule has 120 valence electrons. The molecule has 6 atom stereocenters. The lowest BCUT2D eigenvalue weighted by Crippen LogP contribution is -2.55. The SMILES string of the molecule is CCOC1C[C@H]2CO[C@@H]3CO[C@@H](c4ccccc4)O[C@H]3[C@H]2O1. The lowest BCUT2D eigenvalue weighted by atomic mass is 9.91. The van der Waals surface area contributed by atoms with Gasteiger partial charge in [0.05, 0.1) is 19.3 Å². The van der Waals surface area contributed by atoms with Crippen LogP contribution in [0.1, 0.15) is 25.2 Å². The summed E-state index contributed by atoms with van der Waals surface area (Å²) in [6, 6.07) is 10.0. The van der Waals surface area contributed by atoms with Crippen LogP contribution in [0.5, 0.6) is 0 Å². The van der Waals surface area contributed by atoms with E-state index in [2.05, 4.69) is 0 Å². The summed E-state index contributed by atoms with van der Waals surface area (Å²) in [5.41, 5.74) is 1.03. The Hall–Kier alpha value is -0.980. The average molecular weight is 306 g/mol. The summed E-state index contributed by atoms with van der Waals surface area (Å²) < 4.78 is 29.6. The topological polar surface area (TPSA) is 46.2 Å². The molecule has 1 aromatic carbocycles. The van der Waals surface area contributed by atoms with Crippen LogP contribution in [-0.2, 0) is 23.7 Å². The van der Waals surface area contributed by atoms with E-state index < -0.39 is 0 Å². The van der Waals surface area contributed by atoms with Crippen LogP contribution in [0.3, 0.4) is 0 Å². The first-order chi connectivity index (χ1) is 10.8. The van der Waals surface area contributed by atoms with Crippen molar-refractivity contribution in [3.8, 4) is 0 Å². The normalized spacial score (nSPS) is 41.0. The van der Waals surface area contributed by atoms with Gasteiger partial charge in [-0.25, -0.2) is 0 Å². The highest BCUT2D eigenvalue weighted by molar-refractivity contribution is 5.16. The molecule has 0 radical (unpaired) electrons. The summed E-state index contributed by atoms with van der Waals surface area (Å²) in [4.78, 5) is 0. The Bertz CT molecular complexity index is 493. The highest BCUT2D eigenvalue weighted by atomic mass is 16.7. The van der Waals surface area contributed by atoms with Crippen LogP contribution in [0.15, 0.2) is 30.3 Å². The summed E-state index contributed by atoms with van der Waals surface area (Å²) in [5, 5.41) is 0. The van der Waals surface area contributed by atoms with Crippen molar-refractivity contribution in [1.29, 1.82) is 0 Å². The van der Waals surface area contributed by atoms with Gasteiger partial charge in [-0.05, 0) is 6.92 Å². The molecule has 4 rings (SSSR count). The van der Waals surface area contributed by atoms with E-state index in [9.17, 15) is 0 Å². The van der Waals surface area contributed by atoms with Crippen LogP contribution in [0, 0.1) is 5.92 Å². The van der Waals surface area contributed by atoms with E-state index >= 15 is 0 Å². The van der Waals surface area contributed by atoms with Gasteiger partial charge in [-0.2, -0.15) is 0 Å². The predicted molar refractivity (Wildman–Crippen MR) is 78.1 cm³/mol. The third-order valence-electron chi connectivity index (χ3n) is 4.60. The largest absolute Gasteiger partial charge is 0.373 e. The first-order valence-corrected chi connectivity index (χ1v) is 8.06. The number of ether oxygens (including phenoxy) is 5. The van der Waals surface area contributed by atoms with Crippen molar-refractivity contribution in [3.05, 3.63) is 35.9 Å². The summed E-state index contributed by atoms with van der Waals surface area (Å²) >= 11 is 0. The monoisotopic (exact) mass is 306 g/mol. The quantitative estimate of drug-likeness (QED) is 0.857. The summed E-state index contributed by atoms with van der Waals surface area (Å²) in [7, 11) is 0. The maximum Gasteiger partial charge on any atom is 0.184 e. The van der Waals surface area contributed by atoms with Crippen molar-refractivity contribution in [2.45, 2.75) is 44.2 Å². The maximum absolute atomic E-state index is 6.19. The van der Waals surface area contributed by atoms with Crippen molar-refractivity contribution >= 4 is 0 Å². The fraction of sp³-hybridized carbons (Fsp3) is 0.647. The zero-order valence-electron chi connectivity index (χ0n) is 12.7. The third-order valence-corrected chi connectivity index (χ3v) is 4.60. The number of rotatable bonds is 3. The van der Waals surface area contributed by atoms with Crippen LogP contribution >= 0.6 is 0 Å². The Morgan fingerprint density at radius 2 is 1.91 bits per heavy atom. The van der Waals surface area contributed by atoms with Crippen LogP contribution in [0.2, 0.25) is 0 Å². The molecule has 3 heterocycles. The third kappa shape index (κ3) is 2.68.